The van der Waals surface area contributed by atoms with Crippen molar-refractivity contribution in [2.75, 3.05) is 53.0 Å². The highest BCUT2D eigenvalue weighted by Crippen LogP contribution is 2.28. The average Bonchev–Trinajstić information content (AvgIpc) is 3.08. The van der Waals surface area contributed by atoms with Crippen LogP contribution in [0.15, 0.2) is 4.99 Å². The zero-order valence-electron chi connectivity index (χ0n) is 15.1. The number of aliphatic imine (C=N–C) groups is 1. The lowest BCUT2D eigenvalue weighted by atomic mass is 10.0. The number of hydrogen-bond donors (Lipinski definition) is 2. The summed E-state index contributed by atoms with van der Waals surface area (Å²) in [5.41, 5.74) is 0. The molecule has 0 aromatic rings. The third-order valence-electron chi connectivity index (χ3n) is 5.07. The molecule has 1 unspecified atom stereocenters. The molecular weight excluding hydrogens is 288 g/mol. The van der Waals surface area contributed by atoms with Crippen LogP contribution < -0.4 is 10.6 Å². The molecule has 0 aromatic carbocycles. The van der Waals surface area contributed by atoms with Crippen molar-refractivity contribution in [3.05, 3.63) is 0 Å². The van der Waals surface area contributed by atoms with E-state index < -0.39 is 0 Å². The first-order valence-corrected chi connectivity index (χ1v) is 9.52. The first-order valence-electron chi connectivity index (χ1n) is 9.52. The maximum absolute atomic E-state index is 5.40. The minimum absolute atomic E-state index is 0.616. The van der Waals surface area contributed by atoms with E-state index in [0.717, 1.165) is 57.8 Å². The molecule has 1 heterocycles. The number of nitrogens with zero attached hydrogens (tertiary/aromatic N) is 2. The molecule has 134 valence electrons. The van der Waals surface area contributed by atoms with E-state index in [0.29, 0.717) is 5.92 Å². The fourth-order valence-corrected chi connectivity index (χ4v) is 3.68. The summed E-state index contributed by atoms with van der Waals surface area (Å²) in [7, 11) is 1.86. The van der Waals surface area contributed by atoms with Gasteiger partial charge in [-0.2, -0.15) is 0 Å². The smallest absolute Gasteiger partial charge is 0.190 e. The van der Waals surface area contributed by atoms with Crippen LogP contribution >= 0.6 is 0 Å². The molecule has 2 fully saturated rings. The summed E-state index contributed by atoms with van der Waals surface area (Å²) >= 11 is 0. The Labute approximate surface area is 142 Å². The van der Waals surface area contributed by atoms with E-state index in [2.05, 4.69) is 27.4 Å². The molecule has 1 saturated heterocycles. The van der Waals surface area contributed by atoms with Crippen LogP contribution in [0.25, 0.3) is 0 Å². The van der Waals surface area contributed by atoms with Crippen LogP contribution in [-0.2, 0) is 4.74 Å². The summed E-state index contributed by atoms with van der Waals surface area (Å²) in [6, 6.07) is 0. The molecule has 1 atom stereocenters. The van der Waals surface area contributed by atoms with E-state index in [1.807, 2.05) is 7.05 Å². The van der Waals surface area contributed by atoms with E-state index in [4.69, 9.17) is 4.74 Å². The van der Waals surface area contributed by atoms with Gasteiger partial charge in [-0.1, -0.05) is 32.6 Å². The van der Waals surface area contributed by atoms with Gasteiger partial charge in [-0.3, -0.25) is 9.89 Å². The van der Waals surface area contributed by atoms with Crippen LogP contribution in [0.2, 0.25) is 0 Å². The highest BCUT2D eigenvalue weighted by molar-refractivity contribution is 5.79. The number of hydrogen-bond acceptors (Lipinski definition) is 3. The lowest BCUT2D eigenvalue weighted by molar-refractivity contribution is 0.0320. The first-order chi connectivity index (χ1) is 11.3. The van der Waals surface area contributed by atoms with Gasteiger partial charge in [0.05, 0.1) is 13.2 Å². The Bertz CT molecular complexity index is 336. The van der Waals surface area contributed by atoms with E-state index in [1.54, 1.807) is 0 Å². The largest absolute Gasteiger partial charge is 0.379 e. The average molecular weight is 325 g/mol. The van der Waals surface area contributed by atoms with E-state index >= 15 is 0 Å². The normalized spacial score (nSPS) is 22.3. The number of ether oxygens (including phenoxy) is 1. The zero-order valence-corrected chi connectivity index (χ0v) is 15.1. The standard InChI is InChI=1S/C18H36N4O/c1-16(15-22-10-12-23-13-11-22)14-21-18(19-2)20-9-5-8-17-6-3-4-7-17/h16-17H,3-15H2,1-2H3,(H2,19,20,21). The highest BCUT2D eigenvalue weighted by Gasteiger charge is 2.15. The van der Waals surface area contributed by atoms with Crippen molar-refractivity contribution in [1.82, 2.24) is 15.5 Å². The van der Waals surface area contributed by atoms with Crippen molar-refractivity contribution in [2.24, 2.45) is 16.8 Å². The van der Waals surface area contributed by atoms with Gasteiger partial charge in [0.25, 0.3) is 0 Å². The van der Waals surface area contributed by atoms with Gasteiger partial charge in [0.15, 0.2) is 5.96 Å². The van der Waals surface area contributed by atoms with Crippen molar-refractivity contribution < 1.29 is 4.74 Å². The second-order valence-corrected chi connectivity index (χ2v) is 7.19. The molecule has 1 aliphatic heterocycles. The van der Waals surface area contributed by atoms with Gasteiger partial charge in [-0.15, -0.1) is 0 Å². The van der Waals surface area contributed by atoms with Gasteiger partial charge in [-0.25, -0.2) is 0 Å². The van der Waals surface area contributed by atoms with E-state index in [-0.39, 0.29) is 0 Å². The molecule has 5 heteroatoms. The van der Waals surface area contributed by atoms with Crippen molar-refractivity contribution in [3.8, 4) is 0 Å². The lowest BCUT2D eigenvalue weighted by Crippen LogP contribution is -2.44. The van der Waals surface area contributed by atoms with Crippen LogP contribution in [-0.4, -0.2) is 63.8 Å². The van der Waals surface area contributed by atoms with Gasteiger partial charge < -0.3 is 15.4 Å². The molecule has 2 rings (SSSR count). The van der Waals surface area contributed by atoms with Crippen LogP contribution in [0.1, 0.15) is 45.4 Å². The molecule has 0 aromatic heterocycles. The predicted octanol–water partition coefficient (Wildman–Crippen LogP) is 2.09. The van der Waals surface area contributed by atoms with Crippen molar-refractivity contribution in [1.29, 1.82) is 0 Å². The molecule has 5 nitrogen and oxygen atoms in total. The molecule has 0 radical (unpaired) electrons. The summed E-state index contributed by atoms with van der Waals surface area (Å²) < 4.78 is 5.40. The zero-order chi connectivity index (χ0) is 16.3. The Morgan fingerprint density at radius 1 is 1.22 bits per heavy atom. The topological polar surface area (TPSA) is 48.9 Å². The fraction of sp³-hybridized carbons (Fsp3) is 0.944. The maximum atomic E-state index is 5.40. The molecule has 2 N–H and O–H groups in total. The highest BCUT2D eigenvalue weighted by atomic mass is 16.5. The van der Waals surface area contributed by atoms with Crippen LogP contribution in [0.4, 0.5) is 0 Å². The third kappa shape index (κ3) is 7.53. The lowest BCUT2D eigenvalue weighted by Gasteiger charge is -2.29. The number of nitrogens with one attached hydrogen (secondary N) is 2. The van der Waals surface area contributed by atoms with Crippen LogP contribution in [0.3, 0.4) is 0 Å². The second-order valence-electron chi connectivity index (χ2n) is 7.19. The molecule has 1 aliphatic carbocycles. The van der Waals surface area contributed by atoms with Gasteiger partial charge in [0.2, 0.25) is 0 Å². The number of rotatable bonds is 8. The summed E-state index contributed by atoms with van der Waals surface area (Å²) in [4.78, 5) is 6.83. The molecular formula is C18H36N4O. The minimum atomic E-state index is 0.616. The molecule has 0 amide bonds. The second kappa shape index (κ2) is 10.9. The van der Waals surface area contributed by atoms with Gasteiger partial charge in [-0.05, 0) is 24.7 Å². The molecule has 0 spiro atoms. The number of guanidine groups is 1. The Hall–Kier alpha value is -0.810. The molecule has 23 heavy (non-hydrogen) atoms. The Balaban J connectivity index is 1.52. The monoisotopic (exact) mass is 324 g/mol. The Kier molecular flexibility index (Phi) is 8.76. The molecule has 1 saturated carbocycles. The molecule has 0 bridgehead atoms. The van der Waals surface area contributed by atoms with Crippen molar-refractivity contribution >= 4 is 5.96 Å². The predicted molar refractivity (Wildman–Crippen MR) is 97.0 cm³/mol. The first kappa shape index (κ1) is 18.5. The van der Waals surface area contributed by atoms with Crippen molar-refractivity contribution in [2.45, 2.75) is 45.4 Å². The third-order valence-corrected chi connectivity index (χ3v) is 5.07. The number of morpholine rings is 1. The quantitative estimate of drug-likeness (QED) is 0.408. The fourth-order valence-electron chi connectivity index (χ4n) is 3.68. The maximum Gasteiger partial charge on any atom is 0.190 e. The summed E-state index contributed by atoms with van der Waals surface area (Å²) in [6.45, 7) is 9.34. The van der Waals surface area contributed by atoms with E-state index in [9.17, 15) is 0 Å². The Morgan fingerprint density at radius 2 is 1.96 bits per heavy atom. The molecule has 2 aliphatic rings. The van der Waals surface area contributed by atoms with Gasteiger partial charge in [0, 0.05) is 39.8 Å². The summed E-state index contributed by atoms with van der Waals surface area (Å²) in [6.07, 6.45) is 8.43. The van der Waals surface area contributed by atoms with Gasteiger partial charge >= 0.3 is 0 Å². The van der Waals surface area contributed by atoms with E-state index in [1.165, 1.54) is 38.5 Å². The minimum Gasteiger partial charge on any atom is -0.379 e. The van der Waals surface area contributed by atoms with Crippen LogP contribution in [0, 0.1) is 11.8 Å². The SMILES string of the molecule is CN=C(NCCCC1CCCC1)NCC(C)CN1CCOCC1. The Morgan fingerprint density at radius 3 is 2.65 bits per heavy atom. The van der Waals surface area contributed by atoms with Crippen LogP contribution in [0.5, 0.6) is 0 Å². The summed E-state index contributed by atoms with van der Waals surface area (Å²) in [5.74, 6) is 2.55. The summed E-state index contributed by atoms with van der Waals surface area (Å²) in [5, 5.41) is 6.93. The van der Waals surface area contributed by atoms with Gasteiger partial charge in [0.1, 0.15) is 0 Å². The van der Waals surface area contributed by atoms with Crippen molar-refractivity contribution in [3.63, 3.8) is 0 Å².